The largest absolute Gasteiger partial charge is 0.504 e. The lowest BCUT2D eigenvalue weighted by Gasteiger charge is -2.32. The molecule has 1 atom stereocenters. The number of nitrogens with zero attached hydrogens (tertiary/aromatic N) is 2. The third-order valence-corrected chi connectivity index (χ3v) is 6.03. The van der Waals surface area contributed by atoms with Gasteiger partial charge in [0.25, 0.3) is 0 Å². The molecule has 32 heavy (non-hydrogen) atoms. The highest BCUT2D eigenvalue weighted by Crippen LogP contribution is 2.36. The van der Waals surface area contributed by atoms with E-state index in [9.17, 15) is 20.3 Å². The SMILES string of the molecule is CCOC(=O)c1ccc(C(C#N)(CCCN(C)CCc2ccc(O)c(O)c2)C(C)C)cc1. The van der Waals surface area contributed by atoms with Crippen molar-refractivity contribution in [2.45, 2.75) is 45.4 Å². The van der Waals surface area contributed by atoms with Crippen molar-refractivity contribution in [1.29, 1.82) is 5.26 Å². The third-order valence-electron chi connectivity index (χ3n) is 6.03. The van der Waals surface area contributed by atoms with E-state index < -0.39 is 5.41 Å². The summed E-state index contributed by atoms with van der Waals surface area (Å²) in [5.41, 5.74) is 1.75. The van der Waals surface area contributed by atoms with Crippen LogP contribution >= 0.6 is 0 Å². The Bertz CT molecular complexity index is 934. The molecule has 0 fully saturated rings. The van der Waals surface area contributed by atoms with E-state index in [2.05, 4.69) is 24.8 Å². The van der Waals surface area contributed by atoms with Crippen LogP contribution in [0.3, 0.4) is 0 Å². The molecule has 172 valence electrons. The minimum atomic E-state index is -0.628. The van der Waals surface area contributed by atoms with Gasteiger partial charge in [-0.15, -0.1) is 0 Å². The van der Waals surface area contributed by atoms with Crippen LogP contribution in [0.4, 0.5) is 0 Å². The molecular formula is C26H34N2O4. The van der Waals surface area contributed by atoms with Crippen LogP contribution in [0.2, 0.25) is 0 Å². The van der Waals surface area contributed by atoms with Gasteiger partial charge in [0.2, 0.25) is 0 Å². The highest BCUT2D eigenvalue weighted by molar-refractivity contribution is 5.89. The summed E-state index contributed by atoms with van der Waals surface area (Å²) < 4.78 is 5.05. The molecule has 0 heterocycles. The number of hydrogen-bond acceptors (Lipinski definition) is 6. The van der Waals surface area contributed by atoms with Crippen molar-refractivity contribution in [1.82, 2.24) is 4.90 Å². The fourth-order valence-corrected chi connectivity index (χ4v) is 3.92. The van der Waals surface area contributed by atoms with E-state index in [0.29, 0.717) is 18.6 Å². The van der Waals surface area contributed by atoms with Gasteiger partial charge in [0.05, 0.1) is 23.7 Å². The van der Waals surface area contributed by atoms with E-state index in [1.807, 2.05) is 25.2 Å². The summed E-state index contributed by atoms with van der Waals surface area (Å²) in [5, 5.41) is 29.2. The van der Waals surface area contributed by atoms with Crippen LogP contribution in [0.15, 0.2) is 42.5 Å². The minimum Gasteiger partial charge on any atom is -0.504 e. The summed E-state index contributed by atoms with van der Waals surface area (Å²) in [6.07, 6.45) is 2.32. The first kappa shape index (κ1) is 25.2. The molecule has 1 unspecified atom stereocenters. The minimum absolute atomic E-state index is 0.102. The Morgan fingerprint density at radius 1 is 1.12 bits per heavy atom. The van der Waals surface area contributed by atoms with Crippen molar-refractivity contribution < 1.29 is 19.7 Å². The molecule has 0 amide bonds. The van der Waals surface area contributed by atoms with Crippen molar-refractivity contribution in [3.8, 4) is 17.6 Å². The van der Waals surface area contributed by atoms with Crippen LogP contribution in [0.5, 0.6) is 11.5 Å². The van der Waals surface area contributed by atoms with Crippen LogP contribution in [0.1, 0.15) is 55.1 Å². The second-order valence-corrected chi connectivity index (χ2v) is 8.52. The summed E-state index contributed by atoms with van der Waals surface area (Å²) in [6, 6.07) is 14.7. The summed E-state index contributed by atoms with van der Waals surface area (Å²) in [5.74, 6) is -0.449. The Hall–Kier alpha value is -3.04. The zero-order chi connectivity index (χ0) is 23.7. The first-order chi connectivity index (χ1) is 15.2. The molecule has 0 radical (unpaired) electrons. The van der Waals surface area contributed by atoms with Crippen molar-refractivity contribution in [3.05, 3.63) is 59.2 Å². The molecule has 2 aromatic carbocycles. The van der Waals surface area contributed by atoms with Crippen molar-refractivity contribution in [2.75, 3.05) is 26.7 Å². The normalized spacial score (nSPS) is 13.0. The molecule has 0 bridgehead atoms. The van der Waals surface area contributed by atoms with Gasteiger partial charge in [-0.2, -0.15) is 5.26 Å². The molecule has 2 N–H and O–H groups in total. The Labute approximate surface area is 191 Å². The molecule has 0 saturated heterocycles. The molecular weight excluding hydrogens is 404 g/mol. The van der Waals surface area contributed by atoms with Crippen LogP contribution < -0.4 is 0 Å². The molecule has 0 aromatic heterocycles. The van der Waals surface area contributed by atoms with Crippen molar-refractivity contribution >= 4 is 5.97 Å². The number of benzene rings is 2. The van der Waals surface area contributed by atoms with Gasteiger partial charge in [0.15, 0.2) is 11.5 Å². The van der Waals surface area contributed by atoms with Crippen molar-refractivity contribution in [3.63, 3.8) is 0 Å². The van der Waals surface area contributed by atoms with Gasteiger partial charge in [-0.1, -0.05) is 32.0 Å². The van der Waals surface area contributed by atoms with E-state index in [-0.39, 0.29) is 23.4 Å². The zero-order valence-electron chi connectivity index (χ0n) is 19.5. The fraction of sp³-hybridized carbons (Fsp3) is 0.462. The van der Waals surface area contributed by atoms with Crippen LogP contribution in [0.25, 0.3) is 0 Å². The number of carbonyl (C=O) groups excluding carboxylic acids is 1. The maximum Gasteiger partial charge on any atom is 0.338 e. The maximum absolute atomic E-state index is 11.9. The first-order valence-electron chi connectivity index (χ1n) is 11.1. The molecule has 0 spiro atoms. The summed E-state index contributed by atoms with van der Waals surface area (Å²) in [6.45, 7) is 7.86. The topological polar surface area (TPSA) is 93.8 Å². The molecule has 6 nitrogen and oxygen atoms in total. The third kappa shape index (κ3) is 6.24. The average molecular weight is 439 g/mol. The predicted octanol–water partition coefficient (Wildman–Crippen LogP) is 4.65. The molecule has 0 aliphatic heterocycles. The van der Waals surface area contributed by atoms with Crippen LogP contribution in [-0.2, 0) is 16.6 Å². The van der Waals surface area contributed by atoms with Gasteiger partial charge in [-0.25, -0.2) is 4.79 Å². The van der Waals surface area contributed by atoms with Crippen LogP contribution in [0, 0.1) is 17.2 Å². The number of carbonyl (C=O) groups is 1. The van der Waals surface area contributed by atoms with Crippen molar-refractivity contribution in [2.24, 2.45) is 5.92 Å². The number of phenols is 2. The number of phenolic OH excluding ortho intramolecular Hbond substituents is 2. The number of likely N-dealkylation sites (N-methyl/N-ethyl adjacent to an activating group) is 1. The smallest absolute Gasteiger partial charge is 0.338 e. The van der Waals surface area contributed by atoms with Gasteiger partial charge in [-0.05, 0) is 81.1 Å². The standard InChI is InChI=1S/C26H34N2O4/c1-5-32-25(31)21-8-10-22(11-9-21)26(18-27,19(2)3)14-6-15-28(4)16-13-20-7-12-23(29)24(30)17-20/h7-12,17,19,29-30H,5-6,13-16H2,1-4H3. The number of rotatable bonds is 11. The summed E-state index contributed by atoms with van der Waals surface area (Å²) in [7, 11) is 2.04. The highest BCUT2D eigenvalue weighted by atomic mass is 16.5. The Balaban J connectivity index is 1.99. The molecule has 0 saturated carbocycles. The zero-order valence-corrected chi connectivity index (χ0v) is 19.5. The van der Waals surface area contributed by atoms with E-state index in [0.717, 1.165) is 37.1 Å². The number of nitriles is 1. The number of ether oxygens (including phenoxy) is 1. The lowest BCUT2D eigenvalue weighted by molar-refractivity contribution is 0.0526. The molecule has 0 aliphatic carbocycles. The molecule has 0 aliphatic rings. The van der Waals surface area contributed by atoms with E-state index in [1.165, 1.54) is 6.07 Å². The first-order valence-corrected chi connectivity index (χ1v) is 11.1. The second kappa shape index (κ2) is 11.5. The quantitative estimate of drug-likeness (QED) is 0.392. The molecule has 6 heteroatoms. The molecule has 2 rings (SSSR count). The Kier molecular flexibility index (Phi) is 9.10. The van der Waals surface area contributed by atoms with Gasteiger partial charge >= 0.3 is 5.97 Å². The summed E-state index contributed by atoms with van der Waals surface area (Å²) >= 11 is 0. The predicted molar refractivity (Wildman–Crippen MR) is 125 cm³/mol. The van der Waals surface area contributed by atoms with E-state index in [4.69, 9.17) is 4.74 Å². The number of esters is 1. The average Bonchev–Trinajstić information content (AvgIpc) is 2.78. The monoisotopic (exact) mass is 438 g/mol. The lowest BCUT2D eigenvalue weighted by atomic mass is 9.69. The number of aromatic hydroxyl groups is 2. The molecule has 2 aromatic rings. The lowest BCUT2D eigenvalue weighted by Crippen LogP contribution is -2.32. The van der Waals surface area contributed by atoms with Gasteiger partial charge < -0.3 is 19.8 Å². The second-order valence-electron chi connectivity index (χ2n) is 8.52. The van der Waals surface area contributed by atoms with Gasteiger partial charge in [-0.3, -0.25) is 0 Å². The fourth-order valence-electron chi connectivity index (χ4n) is 3.92. The van der Waals surface area contributed by atoms with Gasteiger partial charge in [0, 0.05) is 6.54 Å². The Morgan fingerprint density at radius 2 is 1.81 bits per heavy atom. The van der Waals surface area contributed by atoms with Gasteiger partial charge in [0.1, 0.15) is 0 Å². The van der Waals surface area contributed by atoms with Crippen LogP contribution in [-0.4, -0.2) is 47.8 Å². The van der Waals surface area contributed by atoms with E-state index in [1.54, 1.807) is 25.1 Å². The Morgan fingerprint density at radius 3 is 2.38 bits per heavy atom. The number of hydrogen-bond donors (Lipinski definition) is 2. The summed E-state index contributed by atoms with van der Waals surface area (Å²) in [4.78, 5) is 14.1. The van der Waals surface area contributed by atoms with E-state index >= 15 is 0 Å². The highest BCUT2D eigenvalue weighted by Gasteiger charge is 2.35. The maximum atomic E-state index is 11.9.